The molecule has 1 aromatic heterocycles. The molecule has 0 saturated heterocycles. The molecule has 25 heavy (non-hydrogen) atoms. The first-order valence-corrected chi connectivity index (χ1v) is 8.25. The molecule has 2 aromatic carbocycles. The number of para-hydroxylation sites is 1. The van der Waals surface area contributed by atoms with Crippen molar-refractivity contribution >= 4 is 34.6 Å². The van der Waals surface area contributed by atoms with Crippen LogP contribution < -0.4 is 10.2 Å². The average Bonchev–Trinajstić information content (AvgIpc) is 2.64. The maximum Gasteiger partial charge on any atom is 0.276 e. The topological polar surface area (TPSA) is 45.2 Å². The minimum atomic E-state index is -0.152. The molecule has 1 heterocycles. The lowest BCUT2D eigenvalue weighted by Crippen LogP contribution is -2.26. The first kappa shape index (κ1) is 17.0. The van der Waals surface area contributed by atoms with Gasteiger partial charge in [0.2, 0.25) is 0 Å². The normalized spacial score (nSPS) is 10.4. The smallest absolute Gasteiger partial charge is 0.276 e. The summed E-state index contributed by atoms with van der Waals surface area (Å²) in [5, 5.41) is 3.98. The highest BCUT2D eigenvalue weighted by molar-refractivity contribution is 6.30. The Kier molecular flexibility index (Phi) is 5.00. The second kappa shape index (κ2) is 7.36. The first-order valence-electron chi connectivity index (χ1n) is 7.87. The number of nitrogens with zero attached hydrogens (tertiary/aromatic N) is 2. The van der Waals surface area contributed by atoms with E-state index in [2.05, 4.69) is 10.3 Å². The Balaban J connectivity index is 1.74. The summed E-state index contributed by atoms with van der Waals surface area (Å²) >= 11 is 5.97. The SMILES string of the molecule is Cc1cc(Cl)ccc1Nc1ccc(C(=O)N(C)c2ccccc2)nc1. The van der Waals surface area contributed by atoms with Crippen molar-refractivity contribution in [3.05, 3.63) is 83.1 Å². The Morgan fingerprint density at radius 2 is 1.84 bits per heavy atom. The van der Waals surface area contributed by atoms with Gasteiger partial charge in [-0.25, -0.2) is 4.98 Å². The van der Waals surface area contributed by atoms with Crippen LogP contribution in [0.15, 0.2) is 66.9 Å². The highest BCUT2D eigenvalue weighted by atomic mass is 35.5. The lowest BCUT2D eigenvalue weighted by atomic mass is 10.2. The fourth-order valence-electron chi connectivity index (χ4n) is 2.46. The van der Waals surface area contributed by atoms with Crippen LogP contribution in [-0.2, 0) is 0 Å². The van der Waals surface area contributed by atoms with Crippen LogP contribution in [0.25, 0.3) is 0 Å². The largest absolute Gasteiger partial charge is 0.354 e. The van der Waals surface area contributed by atoms with Crippen LogP contribution in [0.1, 0.15) is 16.1 Å². The minimum Gasteiger partial charge on any atom is -0.354 e. The van der Waals surface area contributed by atoms with Gasteiger partial charge in [-0.15, -0.1) is 0 Å². The Morgan fingerprint density at radius 3 is 2.48 bits per heavy atom. The van der Waals surface area contributed by atoms with Gasteiger partial charge in [-0.05, 0) is 55.0 Å². The molecule has 0 aliphatic rings. The molecule has 0 unspecified atom stereocenters. The molecule has 1 amide bonds. The summed E-state index contributed by atoms with van der Waals surface area (Å²) < 4.78 is 0. The quantitative estimate of drug-likeness (QED) is 0.714. The van der Waals surface area contributed by atoms with Gasteiger partial charge in [0.1, 0.15) is 5.69 Å². The summed E-state index contributed by atoms with van der Waals surface area (Å²) in [6, 6.07) is 18.7. The number of hydrogen-bond donors (Lipinski definition) is 1. The Labute approximate surface area is 152 Å². The molecule has 0 fully saturated rings. The van der Waals surface area contributed by atoms with Gasteiger partial charge in [-0.1, -0.05) is 29.8 Å². The number of halogens is 1. The highest BCUT2D eigenvalue weighted by Gasteiger charge is 2.14. The third-order valence-electron chi connectivity index (χ3n) is 3.90. The number of benzene rings is 2. The molecule has 0 atom stereocenters. The van der Waals surface area contributed by atoms with E-state index in [0.717, 1.165) is 22.6 Å². The summed E-state index contributed by atoms with van der Waals surface area (Å²) in [6.45, 7) is 1.98. The lowest BCUT2D eigenvalue weighted by molar-refractivity contribution is 0.0988. The fourth-order valence-corrected chi connectivity index (χ4v) is 2.68. The number of carbonyl (C=O) groups is 1. The Hall–Kier alpha value is -2.85. The zero-order chi connectivity index (χ0) is 17.8. The molecule has 0 aliphatic heterocycles. The van der Waals surface area contributed by atoms with Crippen LogP contribution in [0, 0.1) is 6.92 Å². The third kappa shape index (κ3) is 3.98. The maximum atomic E-state index is 12.5. The van der Waals surface area contributed by atoms with Crippen LogP contribution in [0.5, 0.6) is 0 Å². The van der Waals surface area contributed by atoms with Crippen molar-refractivity contribution in [2.24, 2.45) is 0 Å². The third-order valence-corrected chi connectivity index (χ3v) is 4.13. The number of carbonyl (C=O) groups excluding carboxylic acids is 1. The van der Waals surface area contributed by atoms with E-state index in [-0.39, 0.29) is 5.91 Å². The van der Waals surface area contributed by atoms with Crippen LogP contribution in [-0.4, -0.2) is 17.9 Å². The summed E-state index contributed by atoms with van der Waals surface area (Å²) in [5.41, 5.74) is 4.02. The number of anilines is 3. The molecule has 0 bridgehead atoms. The standard InChI is InChI=1S/C20H18ClN3O/c1-14-12-15(21)8-10-18(14)23-16-9-11-19(22-13-16)20(25)24(2)17-6-4-3-5-7-17/h3-13,23H,1-2H3. The van der Waals surface area contributed by atoms with E-state index in [0.29, 0.717) is 10.7 Å². The molecule has 0 aliphatic carbocycles. The molecule has 126 valence electrons. The van der Waals surface area contributed by atoms with Gasteiger partial charge in [0, 0.05) is 23.4 Å². The van der Waals surface area contributed by atoms with Crippen LogP contribution in [0.3, 0.4) is 0 Å². The summed E-state index contributed by atoms with van der Waals surface area (Å²) in [7, 11) is 1.74. The van der Waals surface area contributed by atoms with E-state index in [1.54, 1.807) is 24.2 Å². The highest BCUT2D eigenvalue weighted by Crippen LogP contribution is 2.23. The Bertz CT molecular complexity index is 879. The number of rotatable bonds is 4. The molecule has 0 saturated carbocycles. The van der Waals surface area contributed by atoms with E-state index in [4.69, 9.17) is 11.6 Å². The second-order valence-electron chi connectivity index (χ2n) is 5.72. The predicted octanol–water partition coefficient (Wildman–Crippen LogP) is 5.06. The lowest BCUT2D eigenvalue weighted by Gasteiger charge is -2.17. The van der Waals surface area contributed by atoms with Crippen LogP contribution >= 0.6 is 11.6 Å². The molecule has 0 radical (unpaired) electrons. The number of pyridine rings is 1. The van der Waals surface area contributed by atoms with Crippen molar-refractivity contribution in [1.82, 2.24) is 4.98 Å². The van der Waals surface area contributed by atoms with Crippen molar-refractivity contribution in [3.8, 4) is 0 Å². The first-order chi connectivity index (χ1) is 12.0. The van der Waals surface area contributed by atoms with Crippen LogP contribution in [0.4, 0.5) is 17.1 Å². The fraction of sp³-hybridized carbons (Fsp3) is 0.100. The van der Waals surface area contributed by atoms with Crippen molar-refractivity contribution < 1.29 is 4.79 Å². The van der Waals surface area contributed by atoms with Gasteiger partial charge in [0.25, 0.3) is 5.91 Å². The maximum absolute atomic E-state index is 12.5. The average molecular weight is 352 g/mol. The van der Waals surface area contributed by atoms with E-state index >= 15 is 0 Å². The molecule has 1 N–H and O–H groups in total. The van der Waals surface area contributed by atoms with Gasteiger partial charge in [0.05, 0.1) is 11.9 Å². The van der Waals surface area contributed by atoms with Gasteiger partial charge in [-0.2, -0.15) is 0 Å². The van der Waals surface area contributed by atoms with Crippen LogP contribution in [0.2, 0.25) is 5.02 Å². The van der Waals surface area contributed by atoms with Gasteiger partial charge < -0.3 is 10.2 Å². The Morgan fingerprint density at radius 1 is 1.08 bits per heavy atom. The second-order valence-corrected chi connectivity index (χ2v) is 6.15. The zero-order valence-electron chi connectivity index (χ0n) is 14.0. The molecule has 3 aromatic rings. The van der Waals surface area contributed by atoms with E-state index in [1.807, 2.05) is 61.5 Å². The summed E-state index contributed by atoms with van der Waals surface area (Å²) in [6.07, 6.45) is 1.65. The number of amides is 1. The van der Waals surface area contributed by atoms with Gasteiger partial charge in [0.15, 0.2) is 0 Å². The molecule has 0 spiro atoms. The van der Waals surface area contributed by atoms with Crippen molar-refractivity contribution in [2.75, 3.05) is 17.3 Å². The minimum absolute atomic E-state index is 0.152. The van der Waals surface area contributed by atoms with Gasteiger partial charge >= 0.3 is 0 Å². The molecular formula is C20H18ClN3O. The number of aromatic nitrogens is 1. The van der Waals surface area contributed by atoms with E-state index < -0.39 is 0 Å². The molecule has 4 nitrogen and oxygen atoms in total. The van der Waals surface area contributed by atoms with Crippen molar-refractivity contribution in [2.45, 2.75) is 6.92 Å². The zero-order valence-corrected chi connectivity index (χ0v) is 14.8. The molecule has 3 rings (SSSR count). The summed E-state index contributed by atoms with van der Waals surface area (Å²) in [5.74, 6) is -0.152. The number of aryl methyl sites for hydroxylation is 1. The predicted molar refractivity (Wildman–Crippen MR) is 103 cm³/mol. The molecule has 5 heteroatoms. The van der Waals surface area contributed by atoms with Crippen molar-refractivity contribution in [3.63, 3.8) is 0 Å². The summed E-state index contributed by atoms with van der Waals surface area (Å²) in [4.78, 5) is 18.4. The van der Waals surface area contributed by atoms with Gasteiger partial charge in [-0.3, -0.25) is 4.79 Å². The monoisotopic (exact) mass is 351 g/mol. The molecular weight excluding hydrogens is 334 g/mol. The van der Waals surface area contributed by atoms with E-state index in [9.17, 15) is 4.79 Å². The van der Waals surface area contributed by atoms with E-state index in [1.165, 1.54) is 0 Å². The number of hydrogen-bond acceptors (Lipinski definition) is 3. The van der Waals surface area contributed by atoms with Crippen molar-refractivity contribution in [1.29, 1.82) is 0 Å². The number of nitrogens with one attached hydrogen (secondary N) is 1.